The van der Waals surface area contributed by atoms with Gasteiger partial charge in [-0.2, -0.15) is 5.10 Å². The number of aromatic nitrogens is 2. The number of rotatable bonds is 7. The fourth-order valence-electron chi connectivity index (χ4n) is 1.61. The number of halogens is 2. The third-order valence-electron chi connectivity index (χ3n) is 2.67. The average molecular weight is 312 g/mol. The minimum absolute atomic E-state index is 0.0266. The molecule has 2 rings (SSSR count). The van der Waals surface area contributed by atoms with Gasteiger partial charge in [0.15, 0.2) is 10.8 Å². The van der Waals surface area contributed by atoms with Crippen molar-refractivity contribution >= 4 is 11.6 Å². The first-order valence-electron chi connectivity index (χ1n) is 6.28. The smallest absolute Gasteiger partial charge is 0.286 e. The highest BCUT2D eigenvalue weighted by atomic mass is 35.5. The van der Waals surface area contributed by atoms with E-state index in [0.717, 1.165) is 11.1 Å². The molecule has 0 bridgehead atoms. The molecule has 0 amide bonds. The van der Waals surface area contributed by atoms with Gasteiger partial charge < -0.3 is 9.47 Å². The zero-order valence-corrected chi connectivity index (χ0v) is 11.9. The predicted octanol–water partition coefficient (Wildman–Crippen LogP) is 2.49. The van der Waals surface area contributed by atoms with E-state index in [1.54, 1.807) is 0 Å². The van der Waals surface area contributed by atoms with E-state index in [1.807, 2.05) is 24.3 Å². The molecule has 1 N–H and O–H groups in total. The number of ether oxygens (including phenoxy) is 2. The van der Waals surface area contributed by atoms with E-state index in [0.29, 0.717) is 6.61 Å². The number of nitrogens with zero attached hydrogens (tertiary/aromatic N) is 1. The Bertz CT molecular complexity index is 631. The molecule has 0 aliphatic rings. The van der Waals surface area contributed by atoms with Crippen LogP contribution >= 0.6 is 11.6 Å². The summed E-state index contributed by atoms with van der Waals surface area (Å²) in [6, 6.07) is 7.47. The number of alkyl halides is 1. The van der Waals surface area contributed by atoms with Crippen LogP contribution in [0.4, 0.5) is 4.39 Å². The summed E-state index contributed by atoms with van der Waals surface area (Å²) >= 11 is 5.80. The van der Waals surface area contributed by atoms with Crippen molar-refractivity contribution in [2.24, 2.45) is 0 Å². The molecule has 0 aliphatic heterocycles. The molecule has 0 spiro atoms. The molecule has 2 aromatic rings. The van der Waals surface area contributed by atoms with E-state index >= 15 is 0 Å². The van der Waals surface area contributed by atoms with Gasteiger partial charge in [-0.05, 0) is 11.1 Å². The summed E-state index contributed by atoms with van der Waals surface area (Å²) in [6.45, 7) is 0.237. The molecular weight excluding hydrogens is 298 g/mol. The predicted molar refractivity (Wildman–Crippen MR) is 76.3 cm³/mol. The number of benzene rings is 1. The van der Waals surface area contributed by atoms with Gasteiger partial charge in [-0.15, -0.1) is 0 Å². The molecule has 1 aromatic carbocycles. The highest BCUT2D eigenvalue weighted by Gasteiger charge is 2.06. The number of nitrogens with one attached hydrogen (secondary N) is 1. The Morgan fingerprint density at radius 2 is 1.86 bits per heavy atom. The molecule has 0 atom stereocenters. The number of hydrogen-bond donors (Lipinski definition) is 1. The molecule has 0 saturated carbocycles. The van der Waals surface area contributed by atoms with Crippen LogP contribution < -0.4 is 10.3 Å². The van der Waals surface area contributed by atoms with Gasteiger partial charge in [0, 0.05) is 0 Å². The molecule has 0 unspecified atom stereocenters. The zero-order chi connectivity index (χ0) is 15.1. The van der Waals surface area contributed by atoms with Gasteiger partial charge in [0.25, 0.3) is 5.56 Å². The van der Waals surface area contributed by atoms with Crippen LogP contribution in [0, 0.1) is 0 Å². The molecule has 7 heteroatoms. The molecule has 21 heavy (non-hydrogen) atoms. The standard InChI is InChI=1S/C14H14ClFN2O3/c15-13-12(7-17-18-14(13)19)21-9-11-3-1-10(2-4-11)8-20-6-5-16/h1-4,7H,5-6,8-9H2,(H,18,19)/i16-1. The van der Waals surface area contributed by atoms with Gasteiger partial charge in [-0.3, -0.25) is 4.79 Å². The van der Waals surface area contributed by atoms with Crippen molar-refractivity contribution < 1.29 is 13.9 Å². The van der Waals surface area contributed by atoms with E-state index in [1.165, 1.54) is 6.20 Å². The molecule has 112 valence electrons. The highest BCUT2D eigenvalue weighted by Crippen LogP contribution is 2.19. The Hall–Kier alpha value is -1.92. The Kier molecular flexibility index (Phi) is 5.71. The first-order valence-corrected chi connectivity index (χ1v) is 6.66. The Morgan fingerprint density at radius 3 is 2.52 bits per heavy atom. The summed E-state index contributed by atoms with van der Waals surface area (Å²) in [4.78, 5) is 11.3. The summed E-state index contributed by atoms with van der Waals surface area (Å²) in [5, 5.41) is 5.80. The van der Waals surface area contributed by atoms with Gasteiger partial charge in [-0.25, -0.2) is 9.49 Å². The molecule has 0 saturated heterocycles. The fraction of sp³-hybridized carbons (Fsp3) is 0.286. The molecular formula is C14H14ClFN2O3. The van der Waals surface area contributed by atoms with E-state index in [2.05, 4.69) is 10.2 Å². The maximum atomic E-state index is 11.9. The van der Waals surface area contributed by atoms with Crippen molar-refractivity contribution in [1.29, 1.82) is 0 Å². The zero-order valence-electron chi connectivity index (χ0n) is 11.1. The second-order valence-corrected chi connectivity index (χ2v) is 4.60. The van der Waals surface area contributed by atoms with Gasteiger partial charge in [0.1, 0.15) is 13.3 Å². The third-order valence-corrected chi connectivity index (χ3v) is 3.03. The van der Waals surface area contributed by atoms with Crippen molar-refractivity contribution in [2.45, 2.75) is 13.2 Å². The second kappa shape index (κ2) is 7.75. The maximum absolute atomic E-state index is 11.9. The third kappa shape index (κ3) is 4.54. The van der Waals surface area contributed by atoms with Crippen LogP contribution in [0.15, 0.2) is 35.3 Å². The lowest BCUT2D eigenvalue weighted by molar-refractivity contribution is 0.106. The van der Waals surface area contributed by atoms with Crippen LogP contribution in [0.25, 0.3) is 0 Å². The first kappa shape index (κ1) is 15.5. The lowest BCUT2D eigenvalue weighted by Crippen LogP contribution is -2.10. The Labute approximate surface area is 125 Å². The van der Waals surface area contributed by atoms with Gasteiger partial charge in [-0.1, -0.05) is 35.9 Å². The van der Waals surface area contributed by atoms with Crippen LogP contribution in [-0.2, 0) is 18.0 Å². The minimum Gasteiger partial charge on any atom is -0.485 e. The molecule has 1 heterocycles. The summed E-state index contributed by atoms with van der Waals surface area (Å²) in [5.74, 6) is 0.232. The summed E-state index contributed by atoms with van der Waals surface area (Å²) < 4.78 is 22.4. The van der Waals surface area contributed by atoms with Crippen LogP contribution in [0.3, 0.4) is 0 Å². The largest absolute Gasteiger partial charge is 0.485 e. The normalized spacial score (nSPS) is 10.6. The quantitative estimate of drug-likeness (QED) is 0.798. The maximum Gasteiger partial charge on any atom is 0.286 e. The summed E-state index contributed by atoms with van der Waals surface area (Å²) in [7, 11) is 0. The van der Waals surface area contributed by atoms with Gasteiger partial charge >= 0.3 is 0 Å². The number of hydrogen-bond acceptors (Lipinski definition) is 4. The molecule has 0 fully saturated rings. The van der Waals surface area contributed by atoms with Crippen molar-refractivity contribution in [2.75, 3.05) is 13.3 Å². The van der Waals surface area contributed by atoms with Crippen LogP contribution in [0.2, 0.25) is 5.02 Å². The minimum atomic E-state index is -0.491. The fourth-order valence-corrected chi connectivity index (χ4v) is 1.75. The highest BCUT2D eigenvalue weighted by molar-refractivity contribution is 6.31. The van der Waals surface area contributed by atoms with E-state index < -0.39 is 12.2 Å². The van der Waals surface area contributed by atoms with Crippen molar-refractivity contribution in [3.63, 3.8) is 0 Å². The van der Waals surface area contributed by atoms with Crippen molar-refractivity contribution in [3.8, 4) is 5.75 Å². The van der Waals surface area contributed by atoms with Crippen molar-refractivity contribution in [1.82, 2.24) is 10.2 Å². The van der Waals surface area contributed by atoms with Crippen LogP contribution in [0.5, 0.6) is 5.75 Å². The summed E-state index contributed by atoms with van der Waals surface area (Å²) in [6.07, 6.45) is 1.35. The van der Waals surface area contributed by atoms with Gasteiger partial charge in [0.2, 0.25) is 0 Å². The average Bonchev–Trinajstić information content (AvgIpc) is 2.50. The van der Waals surface area contributed by atoms with Gasteiger partial charge in [0.05, 0.1) is 19.4 Å². The topological polar surface area (TPSA) is 64.2 Å². The molecule has 0 radical (unpaired) electrons. The molecule has 1 aromatic heterocycles. The van der Waals surface area contributed by atoms with Crippen molar-refractivity contribution in [3.05, 3.63) is 57.0 Å². The Morgan fingerprint density at radius 1 is 1.19 bits per heavy atom. The van der Waals surface area contributed by atoms with E-state index in [4.69, 9.17) is 21.1 Å². The number of H-pyrrole nitrogens is 1. The van der Waals surface area contributed by atoms with Crippen LogP contribution in [-0.4, -0.2) is 23.5 Å². The van der Waals surface area contributed by atoms with E-state index in [9.17, 15) is 9.18 Å². The second-order valence-electron chi connectivity index (χ2n) is 4.22. The first-order chi connectivity index (χ1) is 10.2. The lowest BCUT2D eigenvalue weighted by Gasteiger charge is -2.08. The summed E-state index contributed by atoms with van der Waals surface area (Å²) in [5.41, 5.74) is 1.36. The molecule has 0 aliphatic carbocycles. The monoisotopic (exact) mass is 311 g/mol. The van der Waals surface area contributed by atoms with Crippen LogP contribution in [0.1, 0.15) is 11.1 Å². The Balaban J connectivity index is 1.91. The van der Waals surface area contributed by atoms with E-state index in [-0.39, 0.29) is 24.0 Å². The lowest BCUT2D eigenvalue weighted by atomic mass is 10.1. The SMILES string of the molecule is O=c1[nH]ncc(OCc2ccc(COCC[18F])cc2)c1Cl. The number of aromatic amines is 1. The molecule has 5 nitrogen and oxygen atoms in total.